The molecule has 0 spiro atoms. The summed E-state index contributed by atoms with van der Waals surface area (Å²) in [4.78, 5) is 10.0. The molecule has 0 aliphatic heterocycles. The van der Waals surface area contributed by atoms with Gasteiger partial charge in [0.25, 0.3) is 5.92 Å². The minimum atomic E-state index is -3.07. The molecule has 10 heavy (non-hydrogen) atoms. The normalized spacial score (nSPS) is 35.5. The summed E-state index contributed by atoms with van der Waals surface area (Å²) in [6.45, 7) is -0.260. The molecule has 0 aromatic rings. The summed E-state index contributed by atoms with van der Waals surface area (Å²) in [5.41, 5.74) is 4.89. The molecule has 1 fully saturated rings. The highest BCUT2D eigenvalue weighted by Gasteiger charge is 2.71. The Morgan fingerprint density at radius 3 is 2.30 bits per heavy atom. The molecule has 3 N–H and O–H groups in total. The van der Waals surface area contributed by atoms with Gasteiger partial charge in [0.2, 0.25) is 0 Å². The molecule has 3 nitrogen and oxygen atoms in total. The smallest absolute Gasteiger partial charge is 0.313 e. The van der Waals surface area contributed by atoms with Gasteiger partial charge < -0.3 is 10.8 Å². The number of aliphatic carboxylic acids is 1. The van der Waals surface area contributed by atoms with Gasteiger partial charge in [0.05, 0.1) is 5.92 Å². The van der Waals surface area contributed by atoms with E-state index in [1.165, 1.54) is 0 Å². The third-order valence-electron chi connectivity index (χ3n) is 1.72. The molecule has 1 aliphatic rings. The van der Waals surface area contributed by atoms with E-state index in [1.807, 2.05) is 0 Å². The van der Waals surface area contributed by atoms with Crippen LogP contribution in [0.2, 0.25) is 0 Å². The lowest BCUT2D eigenvalue weighted by atomic mass is 10.3. The Hall–Kier alpha value is -0.710. The number of nitrogens with two attached hydrogens (primary N) is 1. The molecular formula is C5H7F2NO2. The molecule has 58 valence electrons. The van der Waals surface area contributed by atoms with Gasteiger partial charge in [0.15, 0.2) is 0 Å². The highest BCUT2D eigenvalue weighted by atomic mass is 19.3. The Morgan fingerprint density at radius 2 is 2.20 bits per heavy atom. The molecule has 1 rings (SSSR count). The number of alkyl halides is 2. The minimum Gasteiger partial charge on any atom is -0.481 e. The van der Waals surface area contributed by atoms with Crippen molar-refractivity contribution in [3.63, 3.8) is 0 Å². The maximum atomic E-state index is 12.3. The lowest BCUT2D eigenvalue weighted by Crippen LogP contribution is -2.07. The van der Waals surface area contributed by atoms with E-state index < -0.39 is 23.7 Å². The van der Waals surface area contributed by atoms with Crippen molar-refractivity contribution >= 4 is 5.97 Å². The van der Waals surface area contributed by atoms with Crippen LogP contribution >= 0.6 is 0 Å². The number of carboxylic acid groups (broad SMARTS) is 1. The van der Waals surface area contributed by atoms with Crippen LogP contribution in [-0.4, -0.2) is 23.5 Å². The standard InChI is InChI=1S/C5H7F2NO2/c6-5(7)2(1-8)3(5)4(9)10/h2-3H,1,8H2,(H,9,10)/t2-,3+/m1/s1. The zero-order chi connectivity index (χ0) is 7.94. The molecule has 0 amide bonds. The van der Waals surface area contributed by atoms with Gasteiger partial charge in [-0.05, 0) is 0 Å². The van der Waals surface area contributed by atoms with Gasteiger partial charge in [-0.25, -0.2) is 8.78 Å². The average molecular weight is 151 g/mol. The first-order valence-electron chi connectivity index (χ1n) is 2.82. The first kappa shape index (κ1) is 7.40. The molecule has 0 bridgehead atoms. The van der Waals surface area contributed by atoms with Gasteiger partial charge in [0.1, 0.15) is 5.92 Å². The molecule has 0 aromatic heterocycles. The second-order valence-corrected chi connectivity index (χ2v) is 2.33. The van der Waals surface area contributed by atoms with Crippen LogP contribution in [0.5, 0.6) is 0 Å². The molecule has 0 aromatic carbocycles. The SMILES string of the molecule is NC[C@@H]1[C@@H](C(=O)O)C1(F)F. The summed E-state index contributed by atoms with van der Waals surface area (Å²) in [6, 6.07) is 0. The predicted molar refractivity (Wildman–Crippen MR) is 28.6 cm³/mol. The molecule has 0 saturated heterocycles. The largest absolute Gasteiger partial charge is 0.481 e. The van der Waals surface area contributed by atoms with Crippen molar-refractivity contribution in [1.29, 1.82) is 0 Å². The zero-order valence-corrected chi connectivity index (χ0v) is 5.05. The van der Waals surface area contributed by atoms with Gasteiger partial charge in [-0.15, -0.1) is 0 Å². The van der Waals surface area contributed by atoms with Crippen molar-refractivity contribution in [3.8, 4) is 0 Å². The van der Waals surface area contributed by atoms with Crippen LogP contribution < -0.4 is 5.73 Å². The summed E-state index contributed by atoms with van der Waals surface area (Å²) < 4.78 is 24.5. The highest BCUT2D eigenvalue weighted by molar-refractivity contribution is 5.76. The van der Waals surface area contributed by atoms with Gasteiger partial charge in [-0.2, -0.15) is 0 Å². The Bertz CT molecular complexity index is 171. The van der Waals surface area contributed by atoms with Gasteiger partial charge >= 0.3 is 5.97 Å². The van der Waals surface area contributed by atoms with E-state index in [1.54, 1.807) is 0 Å². The first-order valence-corrected chi connectivity index (χ1v) is 2.82. The van der Waals surface area contributed by atoms with Crippen LogP contribution in [0.15, 0.2) is 0 Å². The molecule has 1 aliphatic carbocycles. The van der Waals surface area contributed by atoms with E-state index in [4.69, 9.17) is 10.8 Å². The lowest BCUT2D eigenvalue weighted by Gasteiger charge is -1.87. The first-order chi connectivity index (χ1) is 4.51. The van der Waals surface area contributed by atoms with E-state index in [2.05, 4.69) is 0 Å². The molecule has 0 radical (unpaired) electrons. The summed E-state index contributed by atoms with van der Waals surface area (Å²) in [5.74, 6) is -7.22. The number of rotatable bonds is 2. The summed E-state index contributed by atoms with van der Waals surface area (Å²) in [7, 11) is 0. The Morgan fingerprint density at radius 1 is 1.70 bits per heavy atom. The number of carboxylic acids is 1. The fourth-order valence-electron chi connectivity index (χ4n) is 1.02. The topological polar surface area (TPSA) is 63.3 Å². The fourth-order valence-corrected chi connectivity index (χ4v) is 1.02. The molecule has 0 heterocycles. The second kappa shape index (κ2) is 1.88. The Kier molecular flexibility index (Phi) is 1.39. The minimum absolute atomic E-state index is 0.260. The van der Waals surface area contributed by atoms with Crippen molar-refractivity contribution in [3.05, 3.63) is 0 Å². The summed E-state index contributed by atoms with van der Waals surface area (Å²) >= 11 is 0. The van der Waals surface area contributed by atoms with Crippen LogP contribution in [0.25, 0.3) is 0 Å². The predicted octanol–water partition coefficient (Wildman–Crippen LogP) is -0.0890. The van der Waals surface area contributed by atoms with Crippen molar-refractivity contribution in [2.45, 2.75) is 5.92 Å². The zero-order valence-electron chi connectivity index (χ0n) is 5.05. The van der Waals surface area contributed by atoms with E-state index in [-0.39, 0.29) is 6.54 Å². The van der Waals surface area contributed by atoms with Crippen molar-refractivity contribution < 1.29 is 18.7 Å². The molecule has 1 saturated carbocycles. The summed E-state index contributed by atoms with van der Waals surface area (Å²) in [6.07, 6.45) is 0. The van der Waals surface area contributed by atoms with Crippen molar-refractivity contribution in [2.24, 2.45) is 17.6 Å². The van der Waals surface area contributed by atoms with Crippen molar-refractivity contribution in [1.82, 2.24) is 0 Å². The fraction of sp³-hybridized carbons (Fsp3) is 0.800. The lowest BCUT2D eigenvalue weighted by molar-refractivity contribution is -0.140. The van der Waals surface area contributed by atoms with E-state index >= 15 is 0 Å². The third kappa shape index (κ3) is 0.775. The molecule has 5 heteroatoms. The van der Waals surface area contributed by atoms with Gasteiger partial charge in [-0.3, -0.25) is 4.79 Å². The van der Waals surface area contributed by atoms with E-state index in [0.29, 0.717) is 0 Å². The van der Waals surface area contributed by atoms with Crippen LogP contribution in [0.3, 0.4) is 0 Å². The van der Waals surface area contributed by atoms with E-state index in [0.717, 1.165) is 0 Å². The van der Waals surface area contributed by atoms with E-state index in [9.17, 15) is 13.6 Å². The number of carbonyl (C=O) groups is 1. The number of halogens is 2. The van der Waals surface area contributed by atoms with Gasteiger partial charge in [-0.1, -0.05) is 0 Å². The summed E-state index contributed by atoms with van der Waals surface area (Å²) in [5, 5.41) is 8.15. The van der Waals surface area contributed by atoms with Crippen LogP contribution in [0, 0.1) is 11.8 Å². The Labute approximate surface area is 55.8 Å². The second-order valence-electron chi connectivity index (χ2n) is 2.33. The molecule has 2 atom stereocenters. The molecule has 0 unspecified atom stereocenters. The third-order valence-corrected chi connectivity index (χ3v) is 1.72. The highest BCUT2D eigenvalue weighted by Crippen LogP contribution is 2.54. The Balaban J connectivity index is 2.61. The van der Waals surface area contributed by atoms with Crippen LogP contribution in [0.4, 0.5) is 8.78 Å². The monoisotopic (exact) mass is 151 g/mol. The average Bonchev–Trinajstić information content (AvgIpc) is 2.33. The van der Waals surface area contributed by atoms with Crippen LogP contribution in [0.1, 0.15) is 0 Å². The molecular weight excluding hydrogens is 144 g/mol. The number of hydrogen-bond donors (Lipinski definition) is 2. The van der Waals surface area contributed by atoms with Crippen LogP contribution in [-0.2, 0) is 4.79 Å². The maximum Gasteiger partial charge on any atom is 0.313 e. The quantitative estimate of drug-likeness (QED) is 0.579. The van der Waals surface area contributed by atoms with Gasteiger partial charge in [0, 0.05) is 6.54 Å². The maximum absolute atomic E-state index is 12.3. The number of hydrogen-bond acceptors (Lipinski definition) is 2. The van der Waals surface area contributed by atoms with Crippen molar-refractivity contribution in [2.75, 3.05) is 6.54 Å².